The Kier molecular flexibility index (Phi) is 6.02. The molecule has 0 aliphatic carbocycles. The van der Waals surface area contributed by atoms with Gasteiger partial charge in [0.25, 0.3) is 5.91 Å². The summed E-state index contributed by atoms with van der Waals surface area (Å²) in [5.74, 6) is 0.622. The van der Waals surface area contributed by atoms with Crippen molar-refractivity contribution >= 4 is 5.91 Å². The number of ether oxygens (including phenoxy) is 1. The highest BCUT2D eigenvalue weighted by Gasteiger charge is 2.26. The highest BCUT2D eigenvalue weighted by Crippen LogP contribution is 2.19. The second kappa shape index (κ2) is 7.29. The first-order valence-corrected chi connectivity index (χ1v) is 7.17. The molecule has 0 unspecified atom stereocenters. The molecule has 20 heavy (non-hydrogen) atoms. The van der Waals surface area contributed by atoms with Crippen LogP contribution in [0.5, 0.6) is 5.75 Å². The second-order valence-corrected chi connectivity index (χ2v) is 5.30. The molecular formula is C16H26N2O2. The molecule has 0 radical (unpaired) electrons. The number of hydrogen-bond acceptors (Lipinski definition) is 3. The van der Waals surface area contributed by atoms with Gasteiger partial charge in [-0.1, -0.05) is 31.5 Å². The summed E-state index contributed by atoms with van der Waals surface area (Å²) < 4.78 is 5.58. The second-order valence-electron chi connectivity index (χ2n) is 5.30. The van der Waals surface area contributed by atoms with Gasteiger partial charge in [0, 0.05) is 6.54 Å². The number of nitrogens with two attached hydrogens (primary N) is 1. The number of carbonyl (C=O) groups is 1. The fourth-order valence-corrected chi connectivity index (χ4v) is 2.20. The summed E-state index contributed by atoms with van der Waals surface area (Å²) in [5.41, 5.74) is 7.67. The number of amides is 1. The van der Waals surface area contributed by atoms with Gasteiger partial charge in [-0.25, -0.2) is 0 Å². The topological polar surface area (TPSA) is 64.3 Å². The number of nitrogens with one attached hydrogen (secondary N) is 1. The maximum Gasteiger partial charge on any atom is 0.258 e. The van der Waals surface area contributed by atoms with Gasteiger partial charge in [-0.15, -0.1) is 0 Å². The van der Waals surface area contributed by atoms with Crippen LogP contribution in [0.4, 0.5) is 0 Å². The highest BCUT2D eigenvalue weighted by atomic mass is 16.5. The first kappa shape index (κ1) is 16.5. The Balaban J connectivity index is 2.59. The fraction of sp³-hybridized carbons (Fsp3) is 0.562. The van der Waals surface area contributed by atoms with Gasteiger partial charge >= 0.3 is 0 Å². The van der Waals surface area contributed by atoms with Crippen LogP contribution in [0.15, 0.2) is 18.2 Å². The molecule has 1 aromatic rings. The molecular weight excluding hydrogens is 252 g/mol. The number of benzene rings is 1. The molecule has 4 nitrogen and oxygen atoms in total. The zero-order chi connectivity index (χ0) is 15.2. The molecule has 4 heteroatoms. The summed E-state index contributed by atoms with van der Waals surface area (Å²) in [6, 6.07) is 5.91. The van der Waals surface area contributed by atoms with E-state index in [1.807, 2.05) is 45.9 Å². The SMILES string of the molecule is CCC(CC)(CN)NC(=O)COc1ccc(C)cc1C. The zero-order valence-electron chi connectivity index (χ0n) is 13.0. The Bertz CT molecular complexity index is 446. The van der Waals surface area contributed by atoms with Gasteiger partial charge in [0.2, 0.25) is 0 Å². The molecule has 0 bridgehead atoms. The summed E-state index contributed by atoms with van der Waals surface area (Å²) >= 11 is 0. The van der Waals surface area contributed by atoms with E-state index in [1.54, 1.807) is 0 Å². The molecule has 1 rings (SSSR count). The van der Waals surface area contributed by atoms with Crippen LogP contribution in [0.25, 0.3) is 0 Å². The molecule has 1 aromatic carbocycles. The summed E-state index contributed by atoms with van der Waals surface area (Å²) in [5, 5.41) is 2.99. The van der Waals surface area contributed by atoms with E-state index in [0.29, 0.717) is 6.54 Å². The summed E-state index contributed by atoms with van der Waals surface area (Å²) in [7, 11) is 0. The van der Waals surface area contributed by atoms with Crippen LogP contribution < -0.4 is 15.8 Å². The smallest absolute Gasteiger partial charge is 0.258 e. The van der Waals surface area contributed by atoms with Crippen molar-refractivity contribution in [1.29, 1.82) is 0 Å². The fourth-order valence-electron chi connectivity index (χ4n) is 2.20. The van der Waals surface area contributed by atoms with E-state index in [0.717, 1.165) is 24.2 Å². The van der Waals surface area contributed by atoms with Crippen molar-refractivity contribution in [1.82, 2.24) is 5.32 Å². The van der Waals surface area contributed by atoms with Crippen molar-refractivity contribution in [2.24, 2.45) is 5.73 Å². The van der Waals surface area contributed by atoms with Gasteiger partial charge in [-0.05, 0) is 38.3 Å². The highest BCUT2D eigenvalue weighted by molar-refractivity contribution is 5.78. The van der Waals surface area contributed by atoms with E-state index in [2.05, 4.69) is 5.32 Å². The maximum absolute atomic E-state index is 12.0. The lowest BCUT2D eigenvalue weighted by atomic mass is 9.93. The van der Waals surface area contributed by atoms with E-state index in [-0.39, 0.29) is 18.1 Å². The monoisotopic (exact) mass is 278 g/mol. The van der Waals surface area contributed by atoms with Gasteiger partial charge in [0.1, 0.15) is 5.75 Å². The quantitative estimate of drug-likeness (QED) is 0.804. The van der Waals surface area contributed by atoms with Crippen LogP contribution in [-0.2, 0) is 4.79 Å². The molecule has 0 heterocycles. The van der Waals surface area contributed by atoms with E-state index >= 15 is 0 Å². The number of aryl methyl sites for hydroxylation is 2. The summed E-state index contributed by atoms with van der Waals surface area (Å²) in [6.07, 6.45) is 1.63. The lowest BCUT2D eigenvalue weighted by Crippen LogP contribution is -2.54. The van der Waals surface area contributed by atoms with Crippen molar-refractivity contribution < 1.29 is 9.53 Å². The van der Waals surface area contributed by atoms with Crippen molar-refractivity contribution in [3.8, 4) is 5.75 Å². The molecule has 0 saturated carbocycles. The number of carbonyl (C=O) groups excluding carboxylic acids is 1. The van der Waals surface area contributed by atoms with E-state index in [4.69, 9.17) is 10.5 Å². The molecule has 1 amide bonds. The third kappa shape index (κ3) is 4.23. The van der Waals surface area contributed by atoms with Gasteiger partial charge in [-0.2, -0.15) is 0 Å². The van der Waals surface area contributed by atoms with Gasteiger partial charge in [0.05, 0.1) is 5.54 Å². The first-order valence-electron chi connectivity index (χ1n) is 7.17. The first-order chi connectivity index (χ1) is 9.46. The van der Waals surface area contributed by atoms with Gasteiger partial charge < -0.3 is 15.8 Å². The standard InChI is InChI=1S/C16H26N2O2/c1-5-16(6-2,11-17)18-15(19)10-20-14-8-7-12(3)9-13(14)4/h7-9H,5-6,10-11,17H2,1-4H3,(H,18,19). The Hall–Kier alpha value is -1.55. The Morgan fingerprint density at radius 1 is 1.30 bits per heavy atom. The van der Waals surface area contributed by atoms with E-state index in [9.17, 15) is 4.79 Å². The number of rotatable bonds is 7. The normalized spacial score (nSPS) is 11.2. The maximum atomic E-state index is 12.0. The van der Waals surface area contributed by atoms with Crippen LogP contribution in [0.3, 0.4) is 0 Å². The lowest BCUT2D eigenvalue weighted by Gasteiger charge is -2.31. The average Bonchev–Trinajstić information content (AvgIpc) is 2.44. The molecule has 3 N–H and O–H groups in total. The van der Waals surface area contributed by atoms with Crippen molar-refractivity contribution in [2.45, 2.75) is 46.1 Å². The zero-order valence-corrected chi connectivity index (χ0v) is 13.0. The lowest BCUT2D eigenvalue weighted by molar-refractivity contribution is -0.125. The van der Waals surface area contributed by atoms with Crippen LogP contribution in [0.2, 0.25) is 0 Å². The number of hydrogen-bond donors (Lipinski definition) is 2. The summed E-state index contributed by atoms with van der Waals surface area (Å²) in [6.45, 7) is 8.52. The van der Waals surface area contributed by atoms with Gasteiger partial charge in [-0.3, -0.25) is 4.79 Å². The van der Waals surface area contributed by atoms with Crippen molar-refractivity contribution in [3.63, 3.8) is 0 Å². The van der Waals surface area contributed by atoms with Gasteiger partial charge in [0.15, 0.2) is 6.61 Å². The minimum atomic E-state index is -0.317. The largest absolute Gasteiger partial charge is 0.484 e. The molecule has 0 spiro atoms. The minimum absolute atomic E-state index is 0.0195. The Labute approximate surface area is 121 Å². The van der Waals surface area contributed by atoms with Crippen molar-refractivity contribution in [2.75, 3.05) is 13.2 Å². The van der Waals surface area contributed by atoms with Crippen molar-refractivity contribution in [3.05, 3.63) is 29.3 Å². The van der Waals surface area contributed by atoms with Crippen LogP contribution >= 0.6 is 0 Å². The molecule has 0 aliphatic heterocycles. The molecule has 0 saturated heterocycles. The van der Waals surface area contributed by atoms with Crippen LogP contribution in [-0.4, -0.2) is 24.6 Å². The van der Waals surface area contributed by atoms with Crippen LogP contribution in [0.1, 0.15) is 37.8 Å². The van der Waals surface area contributed by atoms with E-state index in [1.165, 1.54) is 5.56 Å². The minimum Gasteiger partial charge on any atom is -0.484 e. The van der Waals surface area contributed by atoms with E-state index < -0.39 is 0 Å². The molecule has 112 valence electrons. The Morgan fingerprint density at radius 3 is 2.45 bits per heavy atom. The average molecular weight is 278 g/mol. The van der Waals surface area contributed by atoms with Crippen LogP contribution in [0, 0.1) is 13.8 Å². The molecule has 0 fully saturated rings. The Morgan fingerprint density at radius 2 is 1.95 bits per heavy atom. The third-order valence-electron chi connectivity index (χ3n) is 3.84. The molecule has 0 atom stereocenters. The molecule has 0 aliphatic rings. The predicted octanol–water partition coefficient (Wildman–Crippen LogP) is 2.32. The predicted molar refractivity (Wildman–Crippen MR) is 81.9 cm³/mol. The molecule has 0 aromatic heterocycles. The third-order valence-corrected chi connectivity index (χ3v) is 3.84. The summed E-state index contributed by atoms with van der Waals surface area (Å²) in [4.78, 5) is 12.0.